The summed E-state index contributed by atoms with van der Waals surface area (Å²) in [6, 6.07) is 8.38. The van der Waals surface area contributed by atoms with E-state index in [9.17, 15) is 0 Å². The summed E-state index contributed by atoms with van der Waals surface area (Å²) in [6.45, 7) is 6.40. The maximum Gasteiger partial charge on any atom is 0.108 e. The van der Waals surface area contributed by atoms with Crippen LogP contribution in [0.5, 0.6) is 0 Å². The van der Waals surface area contributed by atoms with Gasteiger partial charge in [-0.25, -0.2) is 4.98 Å². The Morgan fingerprint density at radius 3 is 2.95 bits per heavy atom. The third-order valence-electron chi connectivity index (χ3n) is 4.20. The van der Waals surface area contributed by atoms with E-state index in [4.69, 9.17) is 10.7 Å². The van der Waals surface area contributed by atoms with Gasteiger partial charge in [0.25, 0.3) is 0 Å². The summed E-state index contributed by atoms with van der Waals surface area (Å²) < 4.78 is 1.29. The van der Waals surface area contributed by atoms with Crippen molar-refractivity contribution in [1.29, 1.82) is 0 Å². The van der Waals surface area contributed by atoms with Gasteiger partial charge >= 0.3 is 0 Å². The van der Waals surface area contributed by atoms with Crippen molar-refractivity contribution in [3.05, 3.63) is 29.3 Å². The van der Waals surface area contributed by atoms with Gasteiger partial charge in [-0.05, 0) is 43.5 Å². The number of piperidine rings is 1. The number of hydrogen-bond donors (Lipinski definition) is 1. The molecule has 2 atom stereocenters. The molecule has 3 rings (SSSR count). The smallest absolute Gasteiger partial charge is 0.108 e. The van der Waals surface area contributed by atoms with Crippen molar-refractivity contribution in [2.45, 2.75) is 19.9 Å². The van der Waals surface area contributed by atoms with E-state index in [2.05, 4.69) is 36.1 Å². The first-order valence-corrected chi connectivity index (χ1v) is 7.85. The van der Waals surface area contributed by atoms with Crippen molar-refractivity contribution < 1.29 is 0 Å². The Labute approximate surface area is 130 Å². The summed E-state index contributed by atoms with van der Waals surface area (Å²) >= 11 is 1.82. The van der Waals surface area contributed by atoms with Crippen LogP contribution in [0.15, 0.2) is 24.3 Å². The zero-order chi connectivity index (χ0) is 13.2. The number of hydrogen-bond acceptors (Lipinski definition) is 4. The fourth-order valence-electron chi connectivity index (χ4n) is 2.85. The fourth-order valence-corrected chi connectivity index (χ4v) is 3.86. The minimum Gasteiger partial charge on any atom is -0.330 e. The number of nitrogens with zero attached hydrogens (tertiary/aromatic N) is 2. The van der Waals surface area contributed by atoms with Crippen LogP contribution < -0.4 is 5.73 Å². The molecule has 0 amide bonds. The van der Waals surface area contributed by atoms with Gasteiger partial charge in [0.15, 0.2) is 0 Å². The Bertz CT molecular complexity index is 524. The number of benzene rings is 1. The Kier molecular flexibility index (Phi) is 5.38. The number of nitrogens with two attached hydrogens (primary N) is 1. The van der Waals surface area contributed by atoms with Crippen LogP contribution in [-0.2, 0) is 6.54 Å². The molecular formula is C15H22ClN3S. The summed E-state index contributed by atoms with van der Waals surface area (Å²) in [4.78, 5) is 7.23. The molecule has 1 aliphatic rings. The van der Waals surface area contributed by atoms with Gasteiger partial charge in [-0.2, -0.15) is 0 Å². The second-order valence-electron chi connectivity index (χ2n) is 5.57. The predicted molar refractivity (Wildman–Crippen MR) is 88.5 cm³/mol. The van der Waals surface area contributed by atoms with E-state index >= 15 is 0 Å². The molecule has 0 bridgehead atoms. The van der Waals surface area contributed by atoms with Gasteiger partial charge in [-0.15, -0.1) is 23.7 Å². The monoisotopic (exact) mass is 311 g/mol. The van der Waals surface area contributed by atoms with Crippen molar-refractivity contribution in [2.75, 3.05) is 19.6 Å². The third kappa shape index (κ3) is 3.31. The Balaban J connectivity index is 0.00000147. The lowest BCUT2D eigenvalue weighted by molar-refractivity contribution is 0.126. The standard InChI is InChI=1S/C15H21N3S.ClH/c1-11-6-7-18(9-12(11)8-16)10-15-17-13-4-2-3-5-14(13)19-15;/h2-5,11-12H,6-10,16H2,1H3;1H. The van der Waals surface area contributed by atoms with Gasteiger partial charge in [0.05, 0.1) is 16.8 Å². The minimum atomic E-state index is 0. The van der Waals surface area contributed by atoms with Crippen LogP contribution in [0.1, 0.15) is 18.4 Å². The average Bonchev–Trinajstić information content (AvgIpc) is 2.83. The van der Waals surface area contributed by atoms with Crippen LogP contribution in [0.25, 0.3) is 10.2 Å². The van der Waals surface area contributed by atoms with Crippen molar-refractivity contribution >= 4 is 34.0 Å². The molecule has 2 N–H and O–H groups in total. The van der Waals surface area contributed by atoms with Crippen LogP contribution in [-0.4, -0.2) is 29.5 Å². The molecule has 20 heavy (non-hydrogen) atoms. The molecule has 2 aromatic rings. The third-order valence-corrected chi connectivity index (χ3v) is 5.22. The second kappa shape index (κ2) is 6.85. The van der Waals surface area contributed by atoms with Gasteiger partial charge in [0, 0.05) is 6.54 Å². The summed E-state index contributed by atoms with van der Waals surface area (Å²) in [7, 11) is 0. The maximum absolute atomic E-state index is 5.87. The van der Waals surface area contributed by atoms with Gasteiger partial charge < -0.3 is 5.73 Å². The maximum atomic E-state index is 5.87. The number of likely N-dealkylation sites (tertiary alicyclic amines) is 1. The van der Waals surface area contributed by atoms with E-state index in [0.717, 1.165) is 31.1 Å². The van der Waals surface area contributed by atoms with Crippen LogP contribution in [0.3, 0.4) is 0 Å². The van der Waals surface area contributed by atoms with E-state index in [1.165, 1.54) is 22.7 Å². The van der Waals surface area contributed by atoms with E-state index in [0.29, 0.717) is 5.92 Å². The van der Waals surface area contributed by atoms with Crippen LogP contribution in [0.4, 0.5) is 0 Å². The van der Waals surface area contributed by atoms with Crippen molar-refractivity contribution in [2.24, 2.45) is 17.6 Å². The summed E-state index contributed by atoms with van der Waals surface area (Å²) in [5, 5.41) is 1.23. The number of aromatic nitrogens is 1. The largest absolute Gasteiger partial charge is 0.330 e. The molecule has 0 saturated carbocycles. The topological polar surface area (TPSA) is 42.2 Å². The molecule has 0 radical (unpaired) electrons. The summed E-state index contributed by atoms with van der Waals surface area (Å²) in [5.41, 5.74) is 7.00. The van der Waals surface area contributed by atoms with E-state index in [1.54, 1.807) is 0 Å². The zero-order valence-corrected chi connectivity index (χ0v) is 13.4. The lowest BCUT2D eigenvalue weighted by Gasteiger charge is -2.36. The zero-order valence-electron chi connectivity index (χ0n) is 11.8. The SMILES string of the molecule is CC1CCN(Cc2nc3ccccc3s2)CC1CN.Cl. The van der Waals surface area contributed by atoms with Crippen molar-refractivity contribution in [3.63, 3.8) is 0 Å². The molecule has 1 fully saturated rings. The van der Waals surface area contributed by atoms with Crippen LogP contribution >= 0.6 is 23.7 Å². The quantitative estimate of drug-likeness (QED) is 0.947. The highest BCUT2D eigenvalue weighted by Gasteiger charge is 2.25. The molecule has 1 saturated heterocycles. The molecule has 3 nitrogen and oxygen atoms in total. The number of halogens is 1. The summed E-state index contributed by atoms with van der Waals surface area (Å²) in [5.74, 6) is 1.40. The van der Waals surface area contributed by atoms with Gasteiger partial charge in [0.2, 0.25) is 0 Å². The van der Waals surface area contributed by atoms with Gasteiger partial charge in [0.1, 0.15) is 5.01 Å². The molecule has 2 heterocycles. The second-order valence-corrected chi connectivity index (χ2v) is 6.69. The highest BCUT2D eigenvalue weighted by atomic mass is 35.5. The van der Waals surface area contributed by atoms with Crippen LogP contribution in [0, 0.1) is 11.8 Å². The number of rotatable bonds is 3. The number of para-hydroxylation sites is 1. The Morgan fingerprint density at radius 2 is 2.20 bits per heavy atom. The highest BCUT2D eigenvalue weighted by Crippen LogP contribution is 2.26. The van der Waals surface area contributed by atoms with Gasteiger partial charge in [-0.1, -0.05) is 19.1 Å². The number of fused-ring (bicyclic) bond motifs is 1. The van der Waals surface area contributed by atoms with E-state index in [-0.39, 0.29) is 12.4 Å². The molecule has 0 aliphatic carbocycles. The first-order valence-electron chi connectivity index (χ1n) is 7.03. The molecule has 1 aliphatic heterocycles. The van der Waals surface area contributed by atoms with E-state index < -0.39 is 0 Å². The Hall–Kier alpha value is -0.680. The molecule has 1 aromatic carbocycles. The molecular weight excluding hydrogens is 290 g/mol. The lowest BCUT2D eigenvalue weighted by atomic mass is 9.87. The fraction of sp³-hybridized carbons (Fsp3) is 0.533. The van der Waals surface area contributed by atoms with Crippen molar-refractivity contribution in [1.82, 2.24) is 9.88 Å². The number of thiazole rings is 1. The first-order chi connectivity index (χ1) is 9.26. The molecule has 0 spiro atoms. The normalized spacial score (nSPS) is 23.7. The van der Waals surface area contributed by atoms with Crippen molar-refractivity contribution in [3.8, 4) is 0 Å². The van der Waals surface area contributed by atoms with Crippen LogP contribution in [0.2, 0.25) is 0 Å². The average molecular weight is 312 g/mol. The predicted octanol–water partition coefficient (Wildman–Crippen LogP) is 3.13. The molecule has 1 aromatic heterocycles. The minimum absolute atomic E-state index is 0. The van der Waals surface area contributed by atoms with E-state index in [1.807, 2.05) is 11.3 Å². The van der Waals surface area contributed by atoms with Gasteiger partial charge in [-0.3, -0.25) is 4.90 Å². The molecule has 110 valence electrons. The lowest BCUT2D eigenvalue weighted by Crippen LogP contribution is -2.42. The Morgan fingerprint density at radius 1 is 1.40 bits per heavy atom. The molecule has 5 heteroatoms. The first kappa shape index (κ1) is 15.7. The molecule has 2 unspecified atom stereocenters. The summed E-state index contributed by atoms with van der Waals surface area (Å²) in [6.07, 6.45) is 1.26. The highest BCUT2D eigenvalue weighted by molar-refractivity contribution is 7.18.